The lowest BCUT2D eigenvalue weighted by Crippen LogP contribution is -2.22. The van der Waals surface area contributed by atoms with Crippen LogP contribution in [0, 0.1) is 5.41 Å². The van der Waals surface area contributed by atoms with Crippen molar-refractivity contribution in [2.45, 2.75) is 0 Å². The van der Waals surface area contributed by atoms with Crippen LogP contribution in [0.4, 0.5) is 11.4 Å². The Morgan fingerprint density at radius 3 is 2.09 bits per heavy atom. The van der Waals surface area contributed by atoms with E-state index in [4.69, 9.17) is 21.7 Å². The standard InChI is InChI=1S/C24H23ClN4O3/c1-29(2)22(26)15-4-6-16(7-5-15)23(30)28-21-13-12-19(32-3)14-20(21)24(31)27-18-10-8-17(25)9-11-18/h4-14,26H,1-3H3,(H,27,31)(H,28,30). The summed E-state index contributed by atoms with van der Waals surface area (Å²) in [6.45, 7) is 0. The second-order valence-electron chi connectivity index (χ2n) is 7.15. The summed E-state index contributed by atoms with van der Waals surface area (Å²) in [5, 5.41) is 14.2. The van der Waals surface area contributed by atoms with Gasteiger partial charge in [-0.1, -0.05) is 23.7 Å². The van der Waals surface area contributed by atoms with E-state index in [0.717, 1.165) is 0 Å². The first-order chi connectivity index (χ1) is 15.3. The first-order valence-electron chi connectivity index (χ1n) is 9.71. The molecule has 0 aliphatic carbocycles. The molecular weight excluding hydrogens is 428 g/mol. The van der Waals surface area contributed by atoms with E-state index in [9.17, 15) is 9.59 Å². The molecule has 7 nitrogen and oxygen atoms in total. The summed E-state index contributed by atoms with van der Waals surface area (Å²) in [7, 11) is 5.06. The minimum Gasteiger partial charge on any atom is -0.497 e. The second kappa shape index (κ2) is 9.98. The Morgan fingerprint density at radius 1 is 0.875 bits per heavy atom. The second-order valence-corrected chi connectivity index (χ2v) is 7.58. The van der Waals surface area contributed by atoms with Gasteiger partial charge in [-0.2, -0.15) is 0 Å². The minimum atomic E-state index is -0.406. The first-order valence-corrected chi connectivity index (χ1v) is 10.1. The number of halogens is 1. The van der Waals surface area contributed by atoms with Gasteiger partial charge in [0.25, 0.3) is 11.8 Å². The fourth-order valence-corrected chi connectivity index (χ4v) is 3.04. The predicted octanol–water partition coefficient (Wildman–Crippen LogP) is 4.74. The van der Waals surface area contributed by atoms with Gasteiger partial charge in [-0.3, -0.25) is 15.0 Å². The number of rotatable bonds is 6. The van der Waals surface area contributed by atoms with Gasteiger partial charge >= 0.3 is 0 Å². The van der Waals surface area contributed by atoms with Crippen molar-refractivity contribution in [1.82, 2.24) is 4.90 Å². The van der Waals surface area contributed by atoms with Crippen molar-refractivity contribution in [3.8, 4) is 5.75 Å². The molecule has 0 aliphatic heterocycles. The van der Waals surface area contributed by atoms with Gasteiger partial charge in [-0.15, -0.1) is 0 Å². The highest BCUT2D eigenvalue weighted by Crippen LogP contribution is 2.24. The number of amides is 2. The molecule has 3 N–H and O–H groups in total. The van der Waals surface area contributed by atoms with Gasteiger partial charge in [0.15, 0.2) is 0 Å². The molecule has 0 saturated carbocycles. The van der Waals surface area contributed by atoms with Crippen molar-refractivity contribution in [3.05, 3.63) is 88.4 Å². The monoisotopic (exact) mass is 450 g/mol. The molecule has 0 spiro atoms. The Balaban J connectivity index is 1.82. The Morgan fingerprint density at radius 2 is 1.50 bits per heavy atom. The molecule has 0 aromatic heterocycles. The summed E-state index contributed by atoms with van der Waals surface area (Å²) in [5.74, 6) is 0.0408. The molecule has 0 saturated heterocycles. The maximum absolute atomic E-state index is 12.9. The number of carbonyl (C=O) groups excluding carboxylic acids is 2. The summed E-state index contributed by atoms with van der Waals surface area (Å²) < 4.78 is 5.24. The van der Waals surface area contributed by atoms with E-state index in [2.05, 4.69) is 10.6 Å². The van der Waals surface area contributed by atoms with E-state index in [1.807, 2.05) is 0 Å². The molecule has 0 fully saturated rings. The molecule has 8 heteroatoms. The fraction of sp³-hybridized carbons (Fsp3) is 0.125. The Labute approximate surface area is 191 Å². The number of hydrogen-bond acceptors (Lipinski definition) is 4. The zero-order chi connectivity index (χ0) is 23.3. The molecule has 0 aliphatic rings. The maximum Gasteiger partial charge on any atom is 0.257 e. The Hall–Kier alpha value is -3.84. The lowest BCUT2D eigenvalue weighted by molar-refractivity contribution is 0.102. The van der Waals surface area contributed by atoms with Gasteiger partial charge in [0.1, 0.15) is 11.6 Å². The van der Waals surface area contributed by atoms with E-state index in [1.54, 1.807) is 85.7 Å². The van der Waals surface area contributed by atoms with Crippen LogP contribution in [0.1, 0.15) is 26.3 Å². The van der Waals surface area contributed by atoms with E-state index in [1.165, 1.54) is 7.11 Å². The minimum absolute atomic E-state index is 0.249. The van der Waals surface area contributed by atoms with Crippen LogP contribution in [0.3, 0.4) is 0 Å². The van der Waals surface area contributed by atoms with Crippen molar-refractivity contribution >= 4 is 40.6 Å². The third-order valence-electron chi connectivity index (χ3n) is 4.69. The Kier molecular flexibility index (Phi) is 7.12. The van der Waals surface area contributed by atoms with Gasteiger partial charge in [0.05, 0.1) is 18.4 Å². The lowest BCUT2D eigenvalue weighted by atomic mass is 10.1. The summed E-state index contributed by atoms with van der Waals surface area (Å²) in [6, 6.07) is 18.2. The van der Waals surface area contributed by atoms with Gasteiger partial charge in [0, 0.05) is 35.9 Å². The van der Waals surface area contributed by atoms with Gasteiger partial charge < -0.3 is 20.3 Å². The molecule has 0 radical (unpaired) electrons. The maximum atomic E-state index is 12.9. The average Bonchev–Trinajstić information content (AvgIpc) is 2.80. The number of anilines is 2. The van der Waals surface area contributed by atoms with Crippen molar-refractivity contribution in [1.29, 1.82) is 5.41 Å². The van der Waals surface area contributed by atoms with E-state index in [0.29, 0.717) is 39.1 Å². The molecular formula is C24H23ClN4O3. The SMILES string of the molecule is COc1ccc(NC(=O)c2ccc(C(=N)N(C)C)cc2)c(C(=O)Nc2ccc(Cl)cc2)c1. The summed E-state index contributed by atoms with van der Waals surface area (Å²) in [5.41, 5.74) is 2.25. The van der Waals surface area contributed by atoms with Crippen LogP contribution >= 0.6 is 11.6 Å². The molecule has 0 heterocycles. The molecule has 3 aromatic carbocycles. The van der Waals surface area contributed by atoms with Crippen molar-refractivity contribution in [3.63, 3.8) is 0 Å². The van der Waals surface area contributed by atoms with E-state index in [-0.39, 0.29) is 11.5 Å². The summed E-state index contributed by atoms with van der Waals surface area (Å²) in [4.78, 5) is 27.4. The molecule has 0 atom stereocenters. The predicted molar refractivity (Wildman–Crippen MR) is 127 cm³/mol. The largest absolute Gasteiger partial charge is 0.497 e. The quantitative estimate of drug-likeness (QED) is 0.373. The van der Waals surface area contributed by atoms with Crippen LogP contribution in [0.2, 0.25) is 5.02 Å². The van der Waals surface area contributed by atoms with E-state index >= 15 is 0 Å². The highest BCUT2D eigenvalue weighted by atomic mass is 35.5. The third-order valence-corrected chi connectivity index (χ3v) is 4.94. The fourth-order valence-electron chi connectivity index (χ4n) is 2.91. The van der Waals surface area contributed by atoms with Crippen molar-refractivity contribution < 1.29 is 14.3 Å². The average molecular weight is 451 g/mol. The highest BCUT2D eigenvalue weighted by Gasteiger charge is 2.16. The van der Waals surface area contributed by atoms with Crippen LogP contribution < -0.4 is 15.4 Å². The van der Waals surface area contributed by atoms with Crippen LogP contribution in [0.25, 0.3) is 0 Å². The zero-order valence-corrected chi connectivity index (χ0v) is 18.7. The van der Waals surface area contributed by atoms with Crippen LogP contribution in [-0.4, -0.2) is 43.8 Å². The summed E-state index contributed by atoms with van der Waals surface area (Å²) >= 11 is 5.90. The number of benzene rings is 3. The molecule has 32 heavy (non-hydrogen) atoms. The Bertz CT molecular complexity index is 1140. The van der Waals surface area contributed by atoms with Crippen LogP contribution in [0.15, 0.2) is 66.7 Å². The lowest BCUT2D eigenvalue weighted by Gasteiger charge is -2.15. The number of nitrogens with one attached hydrogen (secondary N) is 3. The number of ether oxygens (including phenoxy) is 1. The number of amidine groups is 1. The van der Waals surface area contributed by atoms with Gasteiger partial charge in [-0.25, -0.2) is 0 Å². The number of carbonyl (C=O) groups is 2. The van der Waals surface area contributed by atoms with Gasteiger partial charge in [-0.05, 0) is 54.6 Å². The summed E-state index contributed by atoms with van der Waals surface area (Å²) in [6.07, 6.45) is 0. The number of nitrogens with zero attached hydrogens (tertiary/aromatic N) is 1. The van der Waals surface area contributed by atoms with Crippen LogP contribution in [0.5, 0.6) is 5.75 Å². The topological polar surface area (TPSA) is 94.5 Å². The number of methoxy groups -OCH3 is 1. The zero-order valence-electron chi connectivity index (χ0n) is 17.9. The van der Waals surface area contributed by atoms with Crippen molar-refractivity contribution in [2.75, 3.05) is 31.8 Å². The molecule has 164 valence electrons. The highest BCUT2D eigenvalue weighted by molar-refractivity contribution is 6.30. The molecule has 2 amide bonds. The molecule has 0 unspecified atom stereocenters. The van der Waals surface area contributed by atoms with E-state index < -0.39 is 5.91 Å². The smallest absolute Gasteiger partial charge is 0.257 e. The van der Waals surface area contributed by atoms with Crippen molar-refractivity contribution in [2.24, 2.45) is 0 Å². The first kappa shape index (κ1) is 22.8. The van der Waals surface area contributed by atoms with Gasteiger partial charge in [0.2, 0.25) is 0 Å². The molecule has 0 bridgehead atoms. The third kappa shape index (κ3) is 5.44. The molecule has 3 rings (SSSR count). The normalized spacial score (nSPS) is 10.2. The number of hydrogen-bond donors (Lipinski definition) is 3. The van der Waals surface area contributed by atoms with Crippen LogP contribution in [-0.2, 0) is 0 Å². The molecule has 3 aromatic rings.